The Kier molecular flexibility index (Phi) is 6.98. The maximum absolute atomic E-state index is 4.61. The standard InChI is InChI=1S/C12H10.C2H8O2Si/c1-3-7-11(8-4-1)12-9-5-2-6-10-12;1-3-5-4-2/h1-10H;5H2,1-2H3. The van der Waals surface area contributed by atoms with Gasteiger partial charge in [0, 0.05) is 14.2 Å². The number of hydrogen-bond donors (Lipinski definition) is 0. The van der Waals surface area contributed by atoms with E-state index < -0.39 is 10.0 Å². The molecular formula is C14H18O2Si. The highest BCUT2D eigenvalue weighted by molar-refractivity contribution is 6.17. The van der Waals surface area contributed by atoms with Gasteiger partial charge in [-0.2, -0.15) is 0 Å². The van der Waals surface area contributed by atoms with E-state index in [1.807, 2.05) is 12.1 Å². The Hall–Kier alpha value is -1.42. The number of benzene rings is 2. The fourth-order valence-corrected chi connectivity index (χ4v) is 1.61. The second-order valence-electron chi connectivity index (χ2n) is 3.43. The van der Waals surface area contributed by atoms with Crippen LogP contribution in [0.3, 0.4) is 0 Å². The van der Waals surface area contributed by atoms with Gasteiger partial charge in [-0.15, -0.1) is 0 Å². The first-order chi connectivity index (χ1) is 8.38. The molecule has 2 rings (SSSR count). The Bertz CT molecular complexity index is 350. The third-order valence-electron chi connectivity index (χ3n) is 2.12. The molecule has 17 heavy (non-hydrogen) atoms. The van der Waals surface area contributed by atoms with Crippen LogP contribution in [-0.4, -0.2) is 24.2 Å². The molecule has 0 unspecified atom stereocenters. The molecule has 0 fully saturated rings. The van der Waals surface area contributed by atoms with Crippen LogP contribution in [0.1, 0.15) is 0 Å². The van der Waals surface area contributed by atoms with Crippen molar-refractivity contribution >= 4 is 10.0 Å². The summed E-state index contributed by atoms with van der Waals surface area (Å²) in [6, 6.07) is 20.8. The van der Waals surface area contributed by atoms with Gasteiger partial charge in [-0.25, -0.2) is 0 Å². The average Bonchev–Trinajstić information content (AvgIpc) is 2.42. The van der Waals surface area contributed by atoms with Gasteiger partial charge < -0.3 is 8.85 Å². The zero-order valence-corrected chi connectivity index (χ0v) is 11.7. The zero-order valence-electron chi connectivity index (χ0n) is 10.3. The van der Waals surface area contributed by atoms with Gasteiger partial charge in [0.2, 0.25) is 0 Å². The zero-order chi connectivity index (χ0) is 12.3. The highest BCUT2D eigenvalue weighted by atomic mass is 28.3. The highest BCUT2D eigenvalue weighted by Crippen LogP contribution is 2.17. The van der Waals surface area contributed by atoms with Crippen LogP contribution in [-0.2, 0) is 8.85 Å². The summed E-state index contributed by atoms with van der Waals surface area (Å²) in [5.74, 6) is 0. The summed E-state index contributed by atoms with van der Waals surface area (Å²) in [5.41, 5.74) is 2.55. The molecule has 2 aromatic rings. The summed E-state index contributed by atoms with van der Waals surface area (Å²) in [5, 5.41) is 0. The Morgan fingerprint density at radius 3 is 1.24 bits per heavy atom. The van der Waals surface area contributed by atoms with E-state index >= 15 is 0 Å². The molecule has 0 radical (unpaired) electrons. The summed E-state index contributed by atoms with van der Waals surface area (Å²) in [6.07, 6.45) is 0. The summed E-state index contributed by atoms with van der Waals surface area (Å²) >= 11 is 0. The fourth-order valence-electron chi connectivity index (χ4n) is 1.38. The lowest BCUT2D eigenvalue weighted by Gasteiger charge is -1.98. The molecule has 0 spiro atoms. The first-order valence-electron chi connectivity index (χ1n) is 5.47. The third kappa shape index (κ3) is 5.45. The average molecular weight is 246 g/mol. The van der Waals surface area contributed by atoms with Gasteiger partial charge in [0.1, 0.15) is 0 Å². The lowest BCUT2D eigenvalue weighted by atomic mass is 10.1. The third-order valence-corrected chi connectivity index (χ3v) is 2.59. The molecule has 0 aromatic heterocycles. The van der Waals surface area contributed by atoms with Gasteiger partial charge >= 0.3 is 10.0 Å². The molecule has 2 nitrogen and oxygen atoms in total. The SMILES string of the molecule is CO[SiH2]OC.c1ccc(-c2ccccc2)cc1. The topological polar surface area (TPSA) is 18.5 Å². The van der Waals surface area contributed by atoms with Crippen molar-refractivity contribution < 1.29 is 8.85 Å². The van der Waals surface area contributed by atoms with Crippen molar-refractivity contribution in [3.05, 3.63) is 60.7 Å². The van der Waals surface area contributed by atoms with Crippen LogP contribution in [0.15, 0.2) is 60.7 Å². The summed E-state index contributed by atoms with van der Waals surface area (Å²) < 4.78 is 9.22. The maximum atomic E-state index is 4.61. The minimum Gasteiger partial charge on any atom is -0.402 e. The van der Waals surface area contributed by atoms with Crippen molar-refractivity contribution in [1.29, 1.82) is 0 Å². The largest absolute Gasteiger partial charge is 0.402 e. The molecular weight excluding hydrogens is 228 g/mol. The highest BCUT2D eigenvalue weighted by Gasteiger charge is 1.91. The smallest absolute Gasteiger partial charge is 0.303 e. The predicted molar refractivity (Wildman–Crippen MR) is 74.4 cm³/mol. The molecule has 0 aliphatic heterocycles. The molecule has 0 heterocycles. The first kappa shape index (κ1) is 13.6. The summed E-state index contributed by atoms with van der Waals surface area (Å²) in [6.45, 7) is 0. The minimum absolute atomic E-state index is 0.568. The van der Waals surface area contributed by atoms with Crippen LogP contribution >= 0.6 is 0 Å². The van der Waals surface area contributed by atoms with Gasteiger partial charge in [0.25, 0.3) is 0 Å². The molecule has 2 aromatic carbocycles. The van der Waals surface area contributed by atoms with Crippen molar-refractivity contribution in [3.8, 4) is 11.1 Å². The molecule has 0 bridgehead atoms. The molecule has 90 valence electrons. The molecule has 3 heteroatoms. The number of rotatable bonds is 3. The second kappa shape index (κ2) is 8.70. The molecule has 0 amide bonds. The Morgan fingerprint density at radius 2 is 1.00 bits per heavy atom. The van der Waals surface area contributed by atoms with Crippen LogP contribution in [0.25, 0.3) is 11.1 Å². The molecule has 0 saturated carbocycles. The Morgan fingerprint density at radius 1 is 0.647 bits per heavy atom. The van der Waals surface area contributed by atoms with E-state index in [4.69, 9.17) is 0 Å². The van der Waals surface area contributed by atoms with E-state index in [1.54, 1.807) is 14.2 Å². The summed E-state index contributed by atoms with van der Waals surface area (Å²) in [4.78, 5) is 0. The van der Waals surface area contributed by atoms with E-state index in [0.29, 0.717) is 0 Å². The quantitative estimate of drug-likeness (QED) is 0.775. The predicted octanol–water partition coefficient (Wildman–Crippen LogP) is 2.63. The van der Waals surface area contributed by atoms with Crippen molar-refractivity contribution in [2.45, 2.75) is 0 Å². The monoisotopic (exact) mass is 246 g/mol. The second-order valence-corrected chi connectivity index (χ2v) is 4.82. The van der Waals surface area contributed by atoms with E-state index in [1.165, 1.54) is 11.1 Å². The van der Waals surface area contributed by atoms with E-state index in [-0.39, 0.29) is 0 Å². The molecule has 0 aliphatic carbocycles. The van der Waals surface area contributed by atoms with Crippen LogP contribution in [0.5, 0.6) is 0 Å². The van der Waals surface area contributed by atoms with Gasteiger partial charge in [-0.3, -0.25) is 0 Å². The van der Waals surface area contributed by atoms with Crippen molar-refractivity contribution in [3.63, 3.8) is 0 Å². The van der Waals surface area contributed by atoms with Gasteiger partial charge in [0.05, 0.1) is 0 Å². The van der Waals surface area contributed by atoms with Gasteiger partial charge in [-0.05, 0) is 11.1 Å². The Balaban J connectivity index is 0.000000249. The van der Waals surface area contributed by atoms with E-state index in [0.717, 1.165) is 0 Å². The Labute approximate surface area is 105 Å². The molecule has 0 aliphatic rings. The normalized spacial score (nSPS) is 9.29. The van der Waals surface area contributed by atoms with Gasteiger partial charge in [0.15, 0.2) is 0 Å². The number of hydrogen-bond acceptors (Lipinski definition) is 2. The lowest BCUT2D eigenvalue weighted by molar-refractivity contribution is 0.309. The van der Waals surface area contributed by atoms with Crippen molar-refractivity contribution in [1.82, 2.24) is 0 Å². The van der Waals surface area contributed by atoms with Crippen LogP contribution < -0.4 is 0 Å². The maximum Gasteiger partial charge on any atom is 0.303 e. The minimum atomic E-state index is -0.568. The molecule has 0 saturated heterocycles. The van der Waals surface area contributed by atoms with Crippen LogP contribution in [0, 0.1) is 0 Å². The summed E-state index contributed by atoms with van der Waals surface area (Å²) in [7, 11) is 2.73. The van der Waals surface area contributed by atoms with E-state index in [2.05, 4.69) is 57.4 Å². The van der Waals surface area contributed by atoms with Crippen molar-refractivity contribution in [2.24, 2.45) is 0 Å². The van der Waals surface area contributed by atoms with E-state index in [9.17, 15) is 0 Å². The lowest BCUT2D eigenvalue weighted by Crippen LogP contribution is -1.93. The van der Waals surface area contributed by atoms with Crippen molar-refractivity contribution in [2.75, 3.05) is 14.2 Å². The fraction of sp³-hybridized carbons (Fsp3) is 0.143. The molecule has 0 atom stereocenters. The molecule has 0 N–H and O–H groups in total. The first-order valence-corrected chi connectivity index (χ1v) is 6.62. The van der Waals surface area contributed by atoms with Gasteiger partial charge in [-0.1, -0.05) is 60.7 Å². The van der Waals surface area contributed by atoms with Crippen LogP contribution in [0.4, 0.5) is 0 Å². The van der Waals surface area contributed by atoms with Crippen LogP contribution in [0.2, 0.25) is 0 Å².